The molecular weight excluding hydrogens is 822 g/mol. The summed E-state index contributed by atoms with van der Waals surface area (Å²) in [5.41, 5.74) is -1.93. The molecule has 4 aliphatic rings. The summed E-state index contributed by atoms with van der Waals surface area (Å²) < 4.78 is 21.8. The number of ether oxygens (including phenoxy) is 3. The molecule has 13 nitrogen and oxygen atoms in total. The summed E-state index contributed by atoms with van der Waals surface area (Å²) in [5.74, 6) is 1.11. The molecule has 0 bridgehead atoms. The van der Waals surface area contributed by atoms with E-state index < -0.39 is 22.4 Å². The van der Waals surface area contributed by atoms with E-state index in [-0.39, 0.29) is 50.8 Å². The van der Waals surface area contributed by atoms with Crippen LogP contribution in [0.3, 0.4) is 0 Å². The lowest BCUT2D eigenvalue weighted by atomic mass is 9.42. The molecule has 3 saturated carbocycles. The van der Waals surface area contributed by atoms with E-state index in [0.717, 1.165) is 62.5 Å². The van der Waals surface area contributed by atoms with E-state index in [1.807, 2.05) is 62.1 Å². The van der Waals surface area contributed by atoms with Gasteiger partial charge in [-0.3, -0.25) is 9.52 Å². The van der Waals surface area contributed by atoms with Gasteiger partial charge in [0.25, 0.3) is 5.91 Å². The van der Waals surface area contributed by atoms with E-state index in [4.69, 9.17) is 54.3 Å². The van der Waals surface area contributed by atoms with Gasteiger partial charge in [-0.25, -0.2) is 19.4 Å². The summed E-state index contributed by atoms with van der Waals surface area (Å²) in [4.78, 5) is 37.3. The zero-order chi connectivity index (χ0) is 44.3. The first-order valence-corrected chi connectivity index (χ1v) is 22.3. The van der Waals surface area contributed by atoms with Gasteiger partial charge in [-0.15, -0.1) is 5.10 Å². The van der Waals surface area contributed by atoms with E-state index in [1.165, 1.54) is 16.8 Å². The van der Waals surface area contributed by atoms with E-state index >= 15 is 0 Å². The zero-order valence-corrected chi connectivity index (χ0v) is 37.4. The third-order valence-electron chi connectivity index (χ3n) is 12.8. The number of carbonyl (C=O) groups excluding carboxylic acids is 2. The van der Waals surface area contributed by atoms with Gasteiger partial charge in [0.1, 0.15) is 28.1 Å². The summed E-state index contributed by atoms with van der Waals surface area (Å²) in [5, 5.41) is 17.7. The summed E-state index contributed by atoms with van der Waals surface area (Å²) in [7, 11) is 19.2. The van der Waals surface area contributed by atoms with Crippen molar-refractivity contribution in [3.8, 4) is 17.4 Å². The van der Waals surface area contributed by atoms with Crippen molar-refractivity contribution in [1.82, 2.24) is 29.4 Å². The van der Waals surface area contributed by atoms with Gasteiger partial charge in [-0.05, 0) is 137 Å². The van der Waals surface area contributed by atoms with Crippen LogP contribution < -0.4 is 19.5 Å². The summed E-state index contributed by atoms with van der Waals surface area (Å²) in [6, 6.07) is 18.1. The average Bonchev–Trinajstić information content (AvgIpc) is 4.16. The minimum Gasteiger partial charge on any atom is -0.485 e. The van der Waals surface area contributed by atoms with Gasteiger partial charge in [-0.2, -0.15) is 0 Å². The third-order valence-corrected chi connectivity index (χ3v) is 13.8. The second-order valence-electron chi connectivity index (χ2n) is 18.9. The minimum atomic E-state index is -2.37. The predicted octanol–water partition coefficient (Wildman–Crippen LogP) is 7.40. The van der Waals surface area contributed by atoms with Crippen LogP contribution in [0.4, 0.5) is 10.6 Å². The summed E-state index contributed by atoms with van der Waals surface area (Å²) in [6.07, 6.45) is 8.04. The van der Waals surface area contributed by atoms with Gasteiger partial charge in [0.15, 0.2) is 25.2 Å². The first-order valence-electron chi connectivity index (χ1n) is 21.1. The Balaban J connectivity index is 0.872. The molecule has 2 atom stereocenters. The number of rotatable bonds is 16. The van der Waals surface area contributed by atoms with Gasteiger partial charge < -0.3 is 29.5 Å². The van der Waals surface area contributed by atoms with Gasteiger partial charge in [-0.1, -0.05) is 41.9 Å². The number of fused-ring (bicyclic) bond motifs is 1. The van der Waals surface area contributed by atoms with Crippen LogP contribution in [0.15, 0.2) is 71.9 Å². The van der Waals surface area contributed by atoms with Crippen molar-refractivity contribution < 1.29 is 28.9 Å². The maximum absolute atomic E-state index is 13.4. The van der Waals surface area contributed by atoms with Crippen molar-refractivity contribution in [2.45, 2.75) is 113 Å². The van der Waals surface area contributed by atoms with Crippen molar-refractivity contribution >= 4 is 64.9 Å². The number of aliphatic hydroxyl groups is 1. The highest BCUT2D eigenvalue weighted by atomic mass is 35.5. The molecule has 320 valence electrons. The maximum atomic E-state index is 13.4. The van der Waals surface area contributed by atoms with E-state index in [0.29, 0.717) is 42.2 Å². The number of pyridine rings is 2. The van der Waals surface area contributed by atoms with E-state index in [2.05, 4.69) is 34.0 Å². The second kappa shape index (κ2) is 16.3. The van der Waals surface area contributed by atoms with Crippen molar-refractivity contribution in [2.75, 3.05) is 18.4 Å². The van der Waals surface area contributed by atoms with Crippen LogP contribution in [0.2, 0.25) is 10.4 Å². The Morgan fingerprint density at radius 1 is 0.984 bits per heavy atom. The molecule has 8 rings (SSSR count). The highest BCUT2D eigenvalue weighted by Crippen LogP contribution is 2.96. The number of anilines is 1. The monoisotopic (exact) mass is 873 g/mol. The lowest BCUT2D eigenvalue weighted by Crippen LogP contribution is -2.51. The fraction of sp³-hybridized carbons (Fsp3) is 0.523. The molecule has 4 aromatic rings. The SMILES string of the molecule is [B]C(O)(Oc1ccn(-c2ccc(C(=O)NSc3ccc(OCc4ccccc4)c(NCCCC4CN(C(=O)OC(C)(C)C)C(C)(C)C4)n3)c(Cl)n2)n1)C([B])([B])C1C2(CC2)C12CC2. The number of carbonyl (C=O) groups is 2. The van der Waals surface area contributed by atoms with Gasteiger partial charge in [0.05, 0.1) is 21.3 Å². The molecular formula is C44H51B3ClN7O6S. The first kappa shape index (κ1) is 44.3. The van der Waals surface area contributed by atoms with E-state index in [1.54, 1.807) is 18.3 Å². The van der Waals surface area contributed by atoms with Crippen LogP contribution in [0.25, 0.3) is 5.82 Å². The zero-order valence-electron chi connectivity index (χ0n) is 35.8. The molecule has 2 amide bonds. The van der Waals surface area contributed by atoms with Crippen LogP contribution in [0.1, 0.15) is 95.5 Å². The predicted molar refractivity (Wildman–Crippen MR) is 240 cm³/mol. The maximum Gasteiger partial charge on any atom is 0.410 e. The van der Waals surface area contributed by atoms with Crippen LogP contribution >= 0.6 is 23.5 Å². The summed E-state index contributed by atoms with van der Waals surface area (Å²) in [6.45, 7) is 11.4. The van der Waals surface area contributed by atoms with Crippen LogP contribution in [-0.4, -0.2) is 95.2 Å². The Kier molecular flexibility index (Phi) is 11.7. The first-order chi connectivity index (χ1) is 29.2. The molecule has 1 saturated heterocycles. The molecule has 2 spiro atoms. The van der Waals surface area contributed by atoms with Gasteiger partial charge in [0, 0.05) is 42.8 Å². The molecule has 3 aliphatic carbocycles. The van der Waals surface area contributed by atoms with Crippen LogP contribution in [0, 0.1) is 22.7 Å². The van der Waals surface area contributed by atoms with Crippen LogP contribution in [-0.2, 0) is 11.3 Å². The molecule has 62 heavy (non-hydrogen) atoms. The Hall–Kier alpha value is -4.34. The number of hydrogen-bond donors (Lipinski definition) is 3. The number of aromatic nitrogens is 4. The quantitative estimate of drug-likeness (QED) is 0.0340. The lowest BCUT2D eigenvalue weighted by Gasteiger charge is -2.42. The number of halogens is 1. The number of likely N-dealkylation sites (tertiary alicyclic amines) is 1. The molecule has 2 unspecified atom stereocenters. The average molecular weight is 874 g/mol. The third kappa shape index (κ3) is 8.91. The van der Waals surface area contributed by atoms with Gasteiger partial charge >= 0.3 is 6.09 Å². The molecule has 1 aromatic carbocycles. The van der Waals surface area contributed by atoms with Crippen molar-refractivity contribution in [1.29, 1.82) is 0 Å². The van der Waals surface area contributed by atoms with Crippen molar-refractivity contribution in [2.24, 2.45) is 22.7 Å². The molecule has 4 fully saturated rings. The smallest absolute Gasteiger partial charge is 0.410 e. The minimum absolute atomic E-state index is 0.0101. The summed E-state index contributed by atoms with van der Waals surface area (Å²) >= 11 is 7.56. The fourth-order valence-corrected chi connectivity index (χ4v) is 10.4. The van der Waals surface area contributed by atoms with E-state index in [9.17, 15) is 14.7 Å². The van der Waals surface area contributed by atoms with Gasteiger partial charge in [0.2, 0.25) is 5.88 Å². The number of amides is 2. The molecule has 3 aromatic heterocycles. The fourth-order valence-electron chi connectivity index (χ4n) is 9.59. The number of nitrogens with one attached hydrogen (secondary N) is 2. The van der Waals surface area contributed by atoms with Crippen molar-refractivity contribution in [3.63, 3.8) is 0 Å². The molecule has 3 N–H and O–H groups in total. The molecule has 4 heterocycles. The Morgan fingerprint density at radius 3 is 2.35 bits per heavy atom. The second-order valence-corrected chi connectivity index (χ2v) is 20.1. The Morgan fingerprint density at radius 2 is 1.69 bits per heavy atom. The standard InChI is InChI=1S/C44H51B3ClN7O6S/c1-39(2,3)61-38(57)54-25-28(24-40(54,4)5)12-9-22-49-35-30(59-26-27-10-7-6-8-11-27)14-16-33(51-35)62-53-36(56)29-13-15-31(50-34(29)48)55-23-17-32(52-55)60-44(47,58)43(45,46)37-41(18-19-41)42(37)20-21-42/h6-8,10-11,13-17,23,28,37,58H,9,12,18-22,24-26H2,1-5H3,(H,49,51)(H,53,56). The highest BCUT2D eigenvalue weighted by molar-refractivity contribution is 7.97. The number of hydrogen-bond acceptors (Lipinski definition) is 11. The Labute approximate surface area is 376 Å². The number of nitrogens with zero attached hydrogens (tertiary/aromatic N) is 5. The molecule has 6 radical (unpaired) electrons. The topological polar surface area (TPSA) is 153 Å². The van der Waals surface area contributed by atoms with Crippen LogP contribution in [0.5, 0.6) is 11.6 Å². The largest absolute Gasteiger partial charge is 0.485 e. The highest BCUT2D eigenvalue weighted by Gasteiger charge is 2.89. The number of benzene rings is 1. The lowest BCUT2D eigenvalue weighted by molar-refractivity contribution is -0.0868. The Bertz CT molecular complexity index is 2300. The normalized spacial score (nSPS) is 20.4. The molecule has 1 aliphatic heterocycles. The van der Waals surface area contributed by atoms with Crippen molar-refractivity contribution in [3.05, 3.63) is 83.1 Å². The molecule has 18 heteroatoms.